The van der Waals surface area contributed by atoms with Crippen LogP contribution in [0.4, 0.5) is 0 Å². The lowest BCUT2D eigenvalue weighted by Gasteiger charge is -2.21. The van der Waals surface area contributed by atoms with Crippen molar-refractivity contribution in [1.82, 2.24) is 15.2 Å². The van der Waals surface area contributed by atoms with Crippen LogP contribution in [0, 0.1) is 0 Å². The van der Waals surface area contributed by atoms with Crippen molar-refractivity contribution < 1.29 is 4.42 Å². The van der Waals surface area contributed by atoms with Gasteiger partial charge in [0.25, 0.3) is 0 Å². The van der Waals surface area contributed by atoms with Crippen molar-refractivity contribution >= 4 is 5.96 Å². The molecule has 0 amide bonds. The molecular formula is C16H28N4O. The van der Waals surface area contributed by atoms with E-state index in [1.807, 2.05) is 13.1 Å². The van der Waals surface area contributed by atoms with Gasteiger partial charge in [-0.1, -0.05) is 26.8 Å². The lowest BCUT2D eigenvalue weighted by atomic mass is 9.94. The first-order chi connectivity index (χ1) is 9.88. The highest BCUT2D eigenvalue weighted by atomic mass is 16.4. The van der Waals surface area contributed by atoms with E-state index in [4.69, 9.17) is 4.42 Å². The van der Waals surface area contributed by atoms with Gasteiger partial charge in [-0.15, -0.1) is 6.58 Å². The number of aromatic nitrogens is 1. The Morgan fingerprint density at radius 2 is 2.24 bits per heavy atom. The van der Waals surface area contributed by atoms with Crippen molar-refractivity contribution in [2.75, 3.05) is 20.6 Å². The van der Waals surface area contributed by atoms with Crippen LogP contribution >= 0.6 is 0 Å². The maximum absolute atomic E-state index is 5.76. The molecule has 0 aliphatic heterocycles. The molecule has 1 rings (SSSR count). The number of nitrogens with zero attached hydrogens (tertiary/aromatic N) is 3. The topological polar surface area (TPSA) is 53.7 Å². The van der Waals surface area contributed by atoms with Crippen LogP contribution in [0.15, 0.2) is 28.3 Å². The van der Waals surface area contributed by atoms with Gasteiger partial charge in [0.1, 0.15) is 5.76 Å². The van der Waals surface area contributed by atoms with E-state index in [0.29, 0.717) is 12.4 Å². The van der Waals surface area contributed by atoms with E-state index in [-0.39, 0.29) is 5.41 Å². The van der Waals surface area contributed by atoms with Crippen molar-refractivity contribution in [1.29, 1.82) is 0 Å². The predicted octanol–water partition coefficient (Wildman–Crippen LogP) is 2.95. The third kappa shape index (κ3) is 5.61. The number of hydrogen-bond acceptors (Lipinski definition) is 3. The molecule has 5 nitrogen and oxygen atoms in total. The minimum Gasteiger partial charge on any atom is -0.443 e. The molecule has 0 saturated heterocycles. The highest BCUT2D eigenvalue weighted by molar-refractivity contribution is 5.79. The molecule has 1 N–H and O–H groups in total. The van der Waals surface area contributed by atoms with Gasteiger partial charge in [-0.05, 0) is 12.8 Å². The Morgan fingerprint density at radius 3 is 2.76 bits per heavy atom. The minimum atomic E-state index is -0.0194. The van der Waals surface area contributed by atoms with Gasteiger partial charge in [-0.2, -0.15) is 0 Å². The fraction of sp³-hybridized carbons (Fsp3) is 0.625. The monoisotopic (exact) mass is 292 g/mol. The summed E-state index contributed by atoms with van der Waals surface area (Å²) < 4.78 is 5.76. The Kier molecular flexibility index (Phi) is 6.46. The second-order valence-corrected chi connectivity index (χ2v) is 6.12. The van der Waals surface area contributed by atoms with Crippen LogP contribution in [0.3, 0.4) is 0 Å². The van der Waals surface area contributed by atoms with E-state index >= 15 is 0 Å². The largest absolute Gasteiger partial charge is 0.443 e. The van der Waals surface area contributed by atoms with Gasteiger partial charge in [0, 0.05) is 26.1 Å². The molecule has 0 aliphatic carbocycles. The smallest absolute Gasteiger partial charge is 0.213 e. The maximum Gasteiger partial charge on any atom is 0.213 e. The number of aliphatic imine (C=N–C) groups is 1. The number of nitrogens with one attached hydrogen (secondary N) is 1. The molecule has 118 valence electrons. The van der Waals surface area contributed by atoms with Gasteiger partial charge in [0.2, 0.25) is 5.89 Å². The predicted molar refractivity (Wildman–Crippen MR) is 87.5 cm³/mol. The van der Waals surface area contributed by atoms with Crippen LogP contribution in [0.5, 0.6) is 0 Å². The van der Waals surface area contributed by atoms with Crippen molar-refractivity contribution in [3.63, 3.8) is 0 Å². The first kappa shape index (κ1) is 17.3. The van der Waals surface area contributed by atoms with E-state index in [0.717, 1.165) is 31.1 Å². The van der Waals surface area contributed by atoms with E-state index in [9.17, 15) is 0 Å². The zero-order valence-corrected chi connectivity index (χ0v) is 13.9. The summed E-state index contributed by atoms with van der Waals surface area (Å²) in [6.07, 6.45) is 5.81. The molecule has 5 heteroatoms. The number of allylic oxidation sites excluding steroid dienone is 1. The molecule has 0 spiro atoms. The maximum atomic E-state index is 5.76. The summed E-state index contributed by atoms with van der Waals surface area (Å²) in [5.41, 5.74) is -0.0194. The second kappa shape index (κ2) is 7.86. The average molecular weight is 292 g/mol. The lowest BCUT2D eigenvalue weighted by Crippen LogP contribution is -2.39. The zero-order chi connectivity index (χ0) is 15.9. The molecule has 0 fully saturated rings. The standard InChI is InChI=1S/C16H28N4O/c1-7-8-9-10-20(6)15(17-5)19-12-14-18-11-13(21-14)16(2,3)4/h7,11H,1,8-10,12H2,2-6H3,(H,17,19). The van der Waals surface area contributed by atoms with Crippen LogP contribution in [0.25, 0.3) is 0 Å². The molecule has 0 saturated carbocycles. The molecule has 1 aromatic heterocycles. The summed E-state index contributed by atoms with van der Waals surface area (Å²) in [4.78, 5) is 10.7. The van der Waals surface area contributed by atoms with Crippen molar-refractivity contribution in [3.05, 3.63) is 30.5 Å². The SMILES string of the molecule is C=CCCCN(C)C(=NC)NCc1ncc(C(C)(C)C)o1. The molecule has 1 heterocycles. The molecular weight excluding hydrogens is 264 g/mol. The van der Waals surface area contributed by atoms with Crippen LogP contribution in [-0.4, -0.2) is 36.5 Å². The first-order valence-corrected chi connectivity index (χ1v) is 7.36. The molecule has 0 radical (unpaired) electrons. The molecule has 0 bridgehead atoms. The van der Waals surface area contributed by atoms with Crippen molar-refractivity contribution in [2.24, 2.45) is 4.99 Å². The summed E-state index contributed by atoms with van der Waals surface area (Å²) in [6, 6.07) is 0. The number of unbranched alkanes of at least 4 members (excludes halogenated alkanes) is 1. The normalized spacial score (nSPS) is 12.3. The first-order valence-electron chi connectivity index (χ1n) is 7.36. The molecule has 21 heavy (non-hydrogen) atoms. The highest BCUT2D eigenvalue weighted by Gasteiger charge is 2.19. The number of guanidine groups is 1. The lowest BCUT2D eigenvalue weighted by molar-refractivity contribution is 0.376. The Bertz CT molecular complexity index is 471. The fourth-order valence-corrected chi connectivity index (χ4v) is 1.86. The summed E-state index contributed by atoms with van der Waals surface area (Å²) in [5.74, 6) is 2.42. The molecule has 0 atom stereocenters. The Hall–Kier alpha value is -1.78. The Balaban J connectivity index is 2.52. The summed E-state index contributed by atoms with van der Waals surface area (Å²) in [7, 11) is 3.80. The molecule has 0 aromatic carbocycles. The Labute approximate surface area is 128 Å². The van der Waals surface area contributed by atoms with Gasteiger partial charge in [-0.25, -0.2) is 4.98 Å². The molecule has 1 aromatic rings. The summed E-state index contributed by atoms with van der Waals surface area (Å²) >= 11 is 0. The zero-order valence-electron chi connectivity index (χ0n) is 13.9. The van der Waals surface area contributed by atoms with E-state index in [1.54, 1.807) is 13.2 Å². The van der Waals surface area contributed by atoms with E-state index in [1.165, 1.54) is 0 Å². The third-order valence-corrected chi connectivity index (χ3v) is 3.17. The average Bonchev–Trinajstić information content (AvgIpc) is 2.88. The van der Waals surface area contributed by atoms with Crippen LogP contribution in [-0.2, 0) is 12.0 Å². The van der Waals surface area contributed by atoms with Gasteiger partial charge in [0.05, 0.1) is 12.7 Å². The van der Waals surface area contributed by atoms with Crippen LogP contribution in [0.1, 0.15) is 45.3 Å². The number of oxazole rings is 1. The highest BCUT2D eigenvalue weighted by Crippen LogP contribution is 2.22. The second-order valence-electron chi connectivity index (χ2n) is 6.12. The van der Waals surface area contributed by atoms with Gasteiger partial charge >= 0.3 is 0 Å². The third-order valence-electron chi connectivity index (χ3n) is 3.17. The van der Waals surface area contributed by atoms with Crippen molar-refractivity contribution in [2.45, 2.75) is 45.6 Å². The molecule has 0 aliphatic rings. The Morgan fingerprint density at radius 1 is 1.52 bits per heavy atom. The quantitative estimate of drug-likeness (QED) is 0.379. The van der Waals surface area contributed by atoms with Gasteiger partial charge in [0.15, 0.2) is 5.96 Å². The number of hydrogen-bond donors (Lipinski definition) is 1. The van der Waals surface area contributed by atoms with Crippen molar-refractivity contribution in [3.8, 4) is 0 Å². The fourth-order valence-electron chi connectivity index (χ4n) is 1.86. The summed E-state index contributed by atoms with van der Waals surface area (Å²) in [6.45, 7) is 11.5. The van der Waals surface area contributed by atoms with Crippen LogP contribution < -0.4 is 5.32 Å². The molecule has 0 unspecified atom stereocenters. The van der Waals surface area contributed by atoms with Gasteiger partial charge < -0.3 is 14.6 Å². The van der Waals surface area contributed by atoms with Gasteiger partial charge in [-0.3, -0.25) is 4.99 Å². The van der Waals surface area contributed by atoms with Crippen LogP contribution in [0.2, 0.25) is 0 Å². The van der Waals surface area contributed by atoms with E-state index in [2.05, 4.69) is 47.5 Å². The van der Waals surface area contributed by atoms with E-state index < -0.39 is 0 Å². The summed E-state index contributed by atoms with van der Waals surface area (Å²) in [5, 5.41) is 3.27. The number of rotatable bonds is 6. The minimum absolute atomic E-state index is 0.0194.